The van der Waals surface area contributed by atoms with Gasteiger partial charge in [0.1, 0.15) is 0 Å². The molecule has 0 heterocycles. The van der Waals surface area contributed by atoms with Crippen LogP contribution >= 0.6 is 0 Å². The molecular formula is C11H22N2. The van der Waals surface area contributed by atoms with Gasteiger partial charge in [0.25, 0.3) is 0 Å². The molecule has 1 fully saturated rings. The topological polar surface area (TPSA) is 15.3 Å². The zero-order chi connectivity index (χ0) is 9.68. The van der Waals surface area contributed by atoms with Gasteiger partial charge in [-0.3, -0.25) is 4.90 Å². The fourth-order valence-corrected chi connectivity index (χ4v) is 1.59. The summed E-state index contributed by atoms with van der Waals surface area (Å²) in [4.78, 5) is 2.50. The predicted molar refractivity (Wildman–Crippen MR) is 57.9 cm³/mol. The maximum absolute atomic E-state index is 4.06. The lowest BCUT2D eigenvalue weighted by atomic mass is 10.2. The molecule has 2 heteroatoms. The summed E-state index contributed by atoms with van der Waals surface area (Å²) in [5.41, 5.74) is 1.30. The molecular weight excluding hydrogens is 160 g/mol. The lowest BCUT2D eigenvalue weighted by Gasteiger charge is -2.21. The van der Waals surface area contributed by atoms with Crippen LogP contribution in [-0.2, 0) is 0 Å². The smallest absolute Gasteiger partial charge is 0.0202 e. The van der Waals surface area contributed by atoms with Crippen molar-refractivity contribution < 1.29 is 0 Å². The molecule has 0 atom stereocenters. The summed E-state index contributed by atoms with van der Waals surface area (Å²) < 4.78 is 0. The minimum atomic E-state index is 0.946. The molecule has 0 radical (unpaired) electrons. The predicted octanol–water partition coefficient (Wildman–Crippen LogP) is 1.49. The molecule has 2 nitrogen and oxygen atoms in total. The molecule has 1 N–H and O–H groups in total. The van der Waals surface area contributed by atoms with Gasteiger partial charge >= 0.3 is 0 Å². The Balaban J connectivity index is 2.17. The zero-order valence-electron chi connectivity index (χ0n) is 8.97. The lowest BCUT2D eigenvalue weighted by molar-refractivity contribution is 0.298. The van der Waals surface area contributed by atoms with Gasteiger partial charge in [-0.25, -0.2) is 0 Å². The SMILES string of the molecule is C=C(CNC)CN(CC)CC1CC1. The first-order valence-corrected chi connectivity index (χ1v) is 5.29. The van der Waals surface area contributed by atoms with Gasteiger partial charge in [-0.2, -0.15) is 0 Å². The van der Waals surface area contributed by atoms with E-state index in [-0.39, 0.29) is 0 Å². The van der Waals surface area contributed by atoms with E-state index in [1.54, 1.807) is 0 Å². The Morgan fingerprint density at radius 2 is 2.23 bits per heavy atom. The van der Waals surface area contributed by atoms with Crippen LogP contribution in [-0.4, -0.2) is 38.1 Å². The fraction of sp³-hybridized carbons (Fsp3) is 0.818. The Labute approximate surface area is 82.0 Å². The summed E-state index contributed by atoms with van der Waals surface area (Å²) in [6.45, 7) is 10.7. The van der Waals surface area contributed by atoms with Crippen LogP contribution in [0.15, 0.2) is 12.2 Å². The van der Waals surface area contributed by atoms with Crippen LogP contribution in [0.3, 0.4) is 0 Å². The summed E-state index contributed by atoms with van der Waals surface area (Å²) in [5, 5.41) is 3.14. The fourth-order valence-electron chi connectivity index (χ4n) is 1.59. The average molecular weight is 182 g/mol. The third-order valence-electron chi connectivity index (χ3n) is 2.53. The first-order chi connectivity index (χ1) is 6.26. The molecule has 0 aromatic rings. The minimum absolute atomic E-state index is 0.946. The van der Waals surface area contributed by atoms with E-state index in [4.69, 9.17) is 0 Å². The van der Waals surface area contributed by atoms with Crippen LogP contribution in [0.2, 0.25) is 0 Å². The maximum atomic E-state index is 4.06. The Morgan fingerprint density at radius 3 is 2.69 bits per heavy atom. The third-order valence-corrected chi connectivity index (χ3v) is 2.53. The normalized spacial score (nSPS) is 16.5. The van der Waals surface area contributed by atoms with Gasteiger partial charge in [-0.15, -0.1) is 0 Å². The van der Waals surface area contributed by atoms with Gasteiger partial charge in [-0.05, 0) is 37.9 Å². The summed E-state index contributed by atoms with van der Waals surface area (Å²) in [7, 11) is 1.97. The molecule has 1 aliphatic rings. The standard InChI is InChI=1S/C11H22N2/c1-4-13(9-11-5-6-11)8-10(2)7-12-3/h11-12H,2,4-9H2,1,3H3. The van der Waals surface area contributed by atoms with E-state index in [2.05, 4.69) is 23.7 Å². The van der Waals surface area contributed by atoms with Crippen molar-refractivity contribution in [2.75, 3.05) is 33.2 Å². The molecule has 0 amide bonds. The van der Waals surface area contributed by atoms with E-state index in [0.29, 0.717) is 0 Å². The zero-order valence-corrected chi connectivity index (χ0v) is 8.97. The lowest BCUT2D eigenvalue weighted by Crippen LogP contribution is -2.30. The van der Waals surface area contributed by atoms with E-state index in [0.717, 1.165) is 25.6 Å². The maximum Gasteiger partial charge on any atom is 0.0202 e. The Kier molecular flexibility index (Phi) is 4.46. The number of hydrogen-bond donors (Lipinski definition) is 1. The van der Waals surface area contributed by atoms with Gasteiger partial charge in [0.2, 0.25) is 0 Å². The monoisotopic (exact) mass is 182 g/mol. The first kappa shape index (κ1) is 10.7. The van der Waals surface area contributed by atoms with Gasteiger partial charge in [0.05, 0.1) is 0 Å². The molecule has 0 aromatic heterocycles. The molecule has 1 rings (SSSR count). The third kappa shape index (κ3) is 4.44. The van der Waals surface area contributed by atoms with Crippen molar-refractivity contribution in [2.45, 2.75) is 19.8 Å². The van der Waals surface area contributed by atoms with Crippen molar-refractivity contribution in [3.05, 3.63) is 12.2 Å². The van der Waals surface area contributed by atoms with E-state index >= 15 is 0 Å². The summed E-state index contributed by atoms with van der Waals surface area (Å²) in [5.74, 6) is 0.988. The Bertz CT molecular complexity index is 161. The van der Waals surface area contributed by atoms with Crippen molar-refractivity contribution >= 4 is 0 Å². The Hall–Kier alpha value is -0.340. The molecule has 0 saturated heterocycles. The van der Waals surface area contributed by atoms with Crippen LogP contribution in [0.5, 0.6) is 0 Å². The van der Waals surface area contributed by atoms with Crippen LogP contribution in [0.25, 0.3) is 0 Å². The second-order valence-corrected chi connectivity index (χ2v) is 4.05. The van der Waals surface area contributed by atoms with E-state index < -0.39 is 0 Å². The number of likely N-dealkylation sites (N-methyl/N-ethyl adjacent to an activating group) is 2. The number of nitrogens with zero attached hydrogens (tertiary/aromatic N) is 1. The van der Waals surface area contributed by atoms with E-state index in [9.17, 15) is 0 Å². The quantitative estimate of drug-likeness (QED) is 0.600. The summed E-state index contributed by atoms with van der Waals surface area (Å²) in [6.07, 6.45) is 2.88. The van der Waals surface area contributed by atoms with E-state index in [1.165, 1.54) is 25.0 Å². The highest BCUT2D eigenvalue weighted by Crippen LogP contribution is 2.29. The van der Waals surface area contributed by atoms with Crippen LogP contribution in [0.1, 0.15) is 19.8 Å². The highest BCUT2D eigenvalue weighted by molar-refractivity contribution is 4.99. The first-order valence-electron chi connectivity index (χ1n) is 5.29. The van der Waals surface area contributed by atoms with Crippen molar-refractivity contribution in [1.29, 1.82) is 0 Å². The average Bonchev–Trinajstić information content (AvgIpc) is 2.87. The van der Waals surface area contributed by atoms with Gasteiger partial charge in [0, 0.05) is 19.6 Å². The molecule has 0 unspecified atom stereocenters. The van der Waals surface area contributed by atoms with Crippen LogP contribution in [0, 0.1) is 5.92 Å². The van der Waals surface area contributed by atoms with Crippen LogP contribution < -0.4 is 5.32 Å². The molecule has 0 spiro atoms. The molecule has 1 saturated carbocycles. The van der Waals surface area contributed by atoms with Crippen molar-refractivity contribution in [3.8, 4) is 0 Å². The van der Waals surface area contributed by atoms with Crippen LogP contribution in [0.4, 0.5) is 0 Å². The minimum Gasteiger partial charge on any atom is -0.316 e. The molecule has 76 valence electrons. The number of hydrogen-bond acceptors (Lipinski definition) is 2. The number of nitrogens with one attached hydrogen (secondary N) is 1. The van der Waals surface area contributed by atoms with Gasteiger partial charge < -0.3 is 5.32 Å². The van der Waals surface area contributed by atoms with Crippen molar-refractivity contribution in [1.82, 2.24) is 10.2 Å². The molecule has 13 heavy (non-hydrogen) atoms. The highest BCUT2D eigenvalue weighted by Gasteiger charge is 2.23. The number of rotatable bonds is 7. The summed E-state index contributed by atoms with van der Waals surface area (Å²) in [6, 6.07) is 0. The molecule has 0 aliphatic heterocycles. The van der Waals surface area contributed by atoms with Gasteiger partial charge in [0.15, 0.2) is 0 Å². The molecule has 0 bridgehead atoms. The summed E-state index contributed by atoms with van der Waals surface area (Å²) >= 11 is 0. The van der Waals surface area contributed by atoms with Gasteiger partial charge in [-0.1, -0.05) is 13.5 Å². The molecule has 1 aliphatic carbocycles. The van der Waals surface area contributed by atoms with E-state index in [1.807, 2.05) is 7.05 Å². The Morgan fingerprint density at radius 1 is 1.54 bits per heavy atom. The van der Waals surface area contributed by atoms with Crippen molar-refractivity contribution in [2.24, 2.45) is 5.92 Å². The second-order valence-electron chi connectivity index (χ2n) is 4.05. The highest BCUT2D eigenvalue weighted by atomic mass is 15.1. The molecule has 0 aromatic carbocycles. The van der Waals surface area contributed by atoms with Crippen molar-refractivity contribution in [3.63, 3.8) is 0 Å². The largest absolute Gasteiger partial charge is 0.316 e. The second kappa shape index (κ2) is 5.40.